The average molecular weight is 795 g/mol. The first-order valence-corrected chi connectivity index (χ1v) is 19.1. The number of amides is 5. The molecule has 5 heterocycles. The highest BCUT2D eigenvalue weighted by Gasteiger charge is 2.34. The molecule has 4 aromatic rings. The normalized spacial score (nSPS) is 14.4. The molecule has 1 saturated heterocycles. The number of anilines is 3. The van der Waals surface area contributed by atoms with Crippen molar-refractivity contribution in [2.24, 2.45) is 26.1 Å². The Balaban J connectivity index is 0.979. The number of carbonyl (C=O) groups is 5. The standard InChI is InChI=1S/C41H50N10O7/c1-7-42-11-9-12-43-38(53)32-16-27(23-48(32)3)46-40(55)34-17-28(24-50(34)5)47-39(54)33-15-26(22-49(33)4)45-37(52)10-8-13-58-36-19-31-30(18-35(36)57-6)41(56)51-21-25(2)14-29(51)20-44-31/h15-20,22-24,29,42H,2,7-14,21H2,1,3-6H3,(H,43,53)(H,45,52)(H,46,55)(H,47,54)/t29-/m0/s1. The largest absolute Gasteiger partial charge is 0.493 e. The van der Waals surface area contributed by atoms with Gasteiger partial charge in [-0.15, -0.1) is 0 Å². The third-order valence-corrected chi connectivity index (χ3v) is 9.83. The van der Waals surface area contributed by atoms with E-state index in [1.165, 1.54) is 7.11 Å². The fourth-order valence-corrected chi connectivity index (χ4v) is 6.89. The van der Waals surface area contributed by atoms with E-state index in [9.17, 15) is 24.0 Å². The van der Waals surface area contributed by atoms with Crippen LogP contribution in [0, 0.1) is 0 Å². The minimum atomic E-state index is -0.440. The van der Waals surface area contributed by atoms with Gasteiger partial charge < -0.3 is 54.7 Å². The SMILES string of the molecule is C=C1C[C@H]2C=Nc3cc(OCCCC(=O)Nc4cc(C(=O)Nc5cc(C(=O)Nc6cc(C(=O)NCCCNCC)n(C)c6)n(C)c5)n(C)c4)c(OC)cc3C(=O)N2C1. The lowest BCUT2D eigenvalue weighted by Gasteiger charge is -2.20. The molecule has 306 valence electrons. The maximum atomic E-state index is 13.3. The summed E-state index contributed by atoms with van der Waals surface area (Å²) >= 11 is 0. The summed E-state index contributed by atoms with van der Waals surface area (Å²) in [6.07, 6.45) is 8.68. The van der Waals surface area contributed by atoms with Crippen LogP contribution in [0.5, 0.6) is 11.5 Å². The van der Waals surface area contributed by atoms with Gasteiger partial charge in [0.15, 0.2) is 11.5 Å². The molecule has 17 heteroatoms. The number of ether oxygens (including phenoxy) is 2. The molecule has 1 fully saturated rings. The molecule has 0 aliphatic carbocycles. The van der Waals surface area contributed by atoms with Gasteiger partial charge in [-0.2, -0.15) is 0 Å². The van der Waals surface area contributed by atoms with E-state index >= 15 is 0 Å². The lowest BCUT2D eigenvalue weighted by atomic mass is 10.1. The molecule has 17 nitrogen and oxygen atoms in total. The predicted molar refractivity (Wildman–Crippen MR) is 221 cm³/mol. The number of aromatic nitrogens is 3. The summed E-state index contributed by atoms with van der Waals surface area (Å²) in [6, 6.07) is 7.91. The van der Waals surface area contributed by atoms with Gasteiger partial charge in [0.05, 0.1) is 48.1 Å². The highest BCUT2D eigenvalue weighted by Crippen LogP contribution is 2.38. The predicted octanol–water partition coefficient (Wildman–Crippen LogP) is 4.23. The van der Waals surface area contributed by atoms with Crippen LogP contribution in [-0.4, -0.2) is 100 Å². The number of aliphatic imine (C=N–C) groups is 1. The Hall–Kier alpha value is -6.62. The number of nitrogens with one attached hydrogen (secondary N) is 5. The number of aryl methyl sites for hydroxylation is 3. The van der Waals surface area contributed by atoms with Crippen molar-refractivity contribution in [2.45, 2.75) is 38.6 Å². The van der Waals surface area contributed by atoms with Gasteiger partial charge in [-0.3, -0.25) is 29.0 Å². The van der Waals surface area contributed by atoms with Crippen LogP contribution >= 0.6 is 0 Å². The maximum absolute atomic E-state index is 13.3. The molecule has 0 bridgehead atoms. The summed E-state index contributed by atoms with van der Waals surface area (Å²) in [5.74, 6) is -0.691. The number of hydrogen-bond acceptors (Lipinski definition) is 9. The molecule has 2 aliphatic heterocycles. The topological polar surface area (TPSA) is 194 Å². The molecular formula is C41H50N10O7. The lowest BCUT2D eigenvalue weighted by molar-refractivity contribution is -0.116. The van der Waals surface area contributed by atoms with Crippen molar-refractivity contribution >= 4 is 58.5 Å². The number of methoxy groups -OCH3 is 1. The van der Waals surface area contributed by atoms with E-state index < -0.39 is 11.8 Å². The fraction of sp³-hybridized carbons (Fsp3) is 0.366. The van der Waals surface area contributed by atoms with Crippen LogP contribution < -0.4 is 36.1 Å². The first-order chi connectivity index (χ1) is 27.8. The van der Waals surface area contributed by atoms with Gasteiger partial charge in [0.2, 0.25) is 5.91 Å². The Morgan fingerprint density at radius 3 is 2.02 bits per heavy atom. The minimum Gasteiger partial charge on any atom is -0.493 e. The summed E-state index contributed by atoms with van der Waals surface area (Å²) in [4.78, 5) is 71.5. The molecule has 3 aromatic heterocycles. The van der Waals surface area contributed by atoms with E-state index in [1.54, 1.807) is 94.9 Å². The van der Waals surface area contributed by atoms with Crippen LogP contribution in [0.4, 0.5) is 22.7 Å². The van der Waals surface area contributed by atoms with Gasteiger partial charge in [-0.1, -0.05) is 19.1 Å². The number of nitrogens with zero attached hydrogens (tertiary/aromatic N) is 5. The molecule has 1 atom stereocenters. The number of rotatable bonds is 17. The first kappa shape index (κ1) is 41.0. The third-order valence-electron chi connectivity index (χ3n) is 9.83. The van der Waals surface area contributed by atoms with Crippen LogP contribution in [0.1, 0.15) is 74.4 Å². The molecule has 1 aromatic carbocycles. The molecule has 58 heavy (non-hydrogen) atoms. The summed E-state index contributed by atoms with van der Waals surface area (Å²) in [5, 5.41) is 14.6. The van der Waals surface area contributed by atoms with E-state index in [0.29, 0.717) is 71.4 Å². The molecule has 0 unspecified atom stereocenters. The van der Waals surface area contributed by atoms with Crippen molar-refractivity contribution in [1.29, 1.82) is 0 Å². The number of carbonyl (C=O) groups excluding carboxylic acids is 5. The molecule has 0 saturated carbocycles. The number of benzene rings is 1. The van der Waals surface area contributed by atoms with Crippen LogP contribution in [0.2, 0.25) is 0 Å². The van der Waals surface area contributed by atoms with Gasteiger partial charge in [0.25, 0.3) is 23.6 Å². The zero-order valence-corrected chi connectivity index (χ0v) is 33.4. The van der Waals surface area contributed by atoms with E-state index in [-0.39, 0.29) is 48.2 Å². The van der Waals surface area contributed by atoms with E-state index in [0.717, 1.165) is 25.1 Å². The van der Waals surface area contributed by atoms with Crippen LogP contribution in [0.3, 0.4) is 0 Å². The fourth-order valence-electron chi connectivity index (χ4n) is 6.89. The highest BCUT2D eigenvalue weighted by molar-refractivity contribution is 6.08. The van der Waals surface area contributed by atoms with Crippen molar-refractivity contribution in [3.05, 3.63) is 83.7 Å². The minimum absolute atomic E-state index is 0.129. The molecule has 0 radical (unpaired) electrons. The number of hydrogen-bond donors (Lipinski definition) is 5. The van der Waals surface area contributed by atoms with Crippen LogP contribution in [0.15, 0.2) is 66.1 Å². The monoisotopic (exact) mass is 794 g/mol. The van der Waals surface area contributed by atoms with Crippen LogP contribution in [-0.2, 0) is 25.9 Å². The quantitative estimate of drug-likeness (QED) is 0.0774. The molecule has 0 spiro atoms. The smallest absolute Gasteiger partial charge is 0.272 e. The zero-order valence-electron chi connectivity index (χ0n) is 33.4. The van der Waals surface area contributed by atoms with E-state index in [2.05, 4.69) is 38.2 Å². The maximum Gasteiger partial charge on any atom is 0.272 e. The summed E-state index contributed by atoms with van der Waals surface area (Å²) in [5.41, 5.74) is 4.17. The Morgan fingerprint density at radius 1 is 0.810 bits per heavy atom. The van der Waals surface area contributed by atoms with Gasteiger partial charge >= 0.3 is 0 Å². The Bertz CT molecular complexity index is 2260. The molecule has 6 rings (SSSR count). The summed E-state index contributed by atoms with van der Waals surface area (Å²) < 4.78 is 16.3. The van der Waals surface area contributed by atoms with Gasteiger partial charge in [0, 0.05) is 71.5 Å². The van der Waals surface area contributed by atoms with E-state index in [1.807, 2.05) is 6.92 Å². The van der Waals surface area contributed by atoms with Gasteiger partial charge in [-0.25, -0.2) is 0 Å². The third kappa shape index (κ3) is 9.49. The summed E-state index contributed by atoms with van der Waals surface area (Å²) in [7, 11) is 6.60. The van der Waals surface area contributed by atoms with Gasteiger partial charge in [-0.05, 0) is 56.6 Å². The van der Waals surface area contributed by atoms with Crippen molar-refractivity contribution in [1.82, 2.24) is 29.2 Å². The van der Waals surface area contributed by atoms with Crippen molar-refractivity contribution in [3.8, 4) is 11.5 Å². The lowest BCUT2D eigenvalue weighted by Crippen LogP contribution is -2.35. The zero-order chi connectivity index (χ0) is 41.5. The molecule has 5 amide bonds. The second kappa shape index (κ2) is 18.1. The number of fused-ring (bicyclic) bond motifs is 2. The Kier molecular flexibility index (Phi) is 12.8. The van der Waals surface area contributed by atoms with E-state index in [4.69, 9.17) is 9.47 Å². The highest BCUT2D eigenvalue weighted by atomic mass is 16.5. The second-order valence-electron chi connectivity index (χ2n) is 14.3. The van der Waals surface area contributed by atoms with Gasteiger partial charge in [0.1, 0.15) is 17.1 Å². The van der Waals surface area contributed by atoms with Crippen molar-refractivity contribution in [3.63, 3.8) is 0 Å². The Labute approximate surface area is 336 Å². The Morgan fingerprint density at radius 2 is 1.41 bits per heavy atom. The molecule has 5 N–H and O–H groups in total. The average Bonchev–Trinajstić information content (AvgIpc) is 3.94. The van der Waals surface area contributed by atoms with Crippen molar-refractivity contribution < 1.29 is 33.4 Å². The molecular weight excluding hydrogens is 745 g/mol. The summed E-state index contributed by atoms with van der Waals surface area (Å²) in [6.45, 7) is 8.94. The van der Waals surface area contributed by atoms with Crippen LogP contribution in [0.25, 0.3) is 0 Å². The second-order valence-corrected chi connectivity index (χ2v) is 14.3. The van der Waals surface area contributed by atoms with Crippen molar-refractivity contribution in [2.75, 3.05) is 55.8 Å². The molecule has 2 aliphatic rings. The first-order valence-electron chi connectivity index (χ1n) is 19.1.